The molecule has 0 spiro atoms. The van der Waals surface area contributed by atoms with E-state index < -0.39 is 0 Å². The molecule has 1 heterocycles. The van der Waals surface area contributed by atoms with E-state index in [0.29, 0.717) is 18.1 Å². The van der Waals surface area contributed by atoms with Gasteiger partial charge in [-0.1, -0.05) is 29.8 Å². The van der Waals surface area contributed by atoms with E-state index in [-0.39, 0.29) is 18.7 Å². The van der Waals surface area contributed by atoms with E-state index >= 15 is 0 Å². The average Bonchev–Trinajstić information content (AvgIpc) is 3.06. The standard InChI is InChI=1S/C19H21ClN2O3/c1-13(22(2)11-15-4-3-5-16(20)8-15)19(23)21-10-14-6-7-17-18(9-14)25-12-24-17/h3-9,13H,10-12H2,1-2H3,(H,21,23)/t13-/m0/s1. The van der Waals surface area contributed by atoms with Crippen molar-refractivity contribution in [1.82, 2.24) is 10.2 Å². The number of halogens is 1. The van der Waals surface area contributed by atoms with Crippen molar-refractivity contribution in [2.24, 2.45) is 0 Å². The van der Waals surface area contributed by atoms with Crippen molar-refractivity contribution in [3.05, 3.63) is 58.6 Å². The number of rotatable bonds is 6. The molecular weight excluding hydrogens is 340 g/mol. The maximum atomic E-state index is 12.4. The molecule has 0 bridgehead atoms. The van der Waals surface area contributed by atoms with Gasteiger partial charge in [0, 0.05) is 18.1 Å². The van der Waals surface area contributed by atoms with Gasteiger partial charge >= 0.3 is 0 Å². The third-order valence-corrected chi connectivity index (χ3v) is 4.50. The number of hydrogen-bond donors (Lipinski definition) is 1. The Hall–Kier alpha value is -2.24. The van der Waals surface area contributed by atoms with Crippen LogP contribution < -0.4 is 14.8 Å². The molecule has 1 aliphatic rings. The Morgan fingerprint density at radius 3 is 2.80 bits per heavy atom. The van der Waals surface area contributed by atoms with Gasteiger partial charge in [-0.05, 0) is 49.4 Å². The minimum absolute atomic E-state index is 0.0257. The fourth-order valence-corrected chi connectivity index (χ4v) is 2.86. The molecule has 2 aromatic carbocycles. The Morgan fingerprint density at radius 2 is 2.00 bits per heavy atom. The molecule has 1 aliphatic heterocycles. The molecule has 0 radical (unpaired) electrons. The van der Waals surface area contributed by atoms with Gasteiger partial charge in [-0.25, -0.2) is 0 Å². The number of nitrogens with zero attached hydrogens (tertiary/aromatic N) is 1. The van der Waals surface area contributed by atoms with Crippen LogP contribution in [0.15, 0.2) is 42.5 Å². The molecule has 0 unspecified atom stereocenters. The van der Waals surface area contributed by atoms with Crippen molar-refractivity contribution in [2.45, 2.75) is 26.1 Å². The summed E-state index contributed by atoms with van der Waals surface area (Å²) in [6.45, 7) is 3.24. The molecule has 0 saturated heterocycles. The summed E-state index contributed by atoms with van der Waals surface area (Å²) in [6.07, 6.45) is 0. The fourth-order valence-electron chi connectivity index (χ4n) is 2.65. The quantitative estimate of drug-likeness (QED) is 0.859. The fraction of sp³-hybridized carbons (Fsp3) is 0.316. The molecule has 3 rings (SSSR count). The van der Waals surface area contributed by atoms with E-state index in [9.17, 15) is 4.79 Å². The van der Waals surface area contributed by atoms with Crippen molar-refractivity contribution < 1.29 is 14.3 Å². The van der Waals surface area contributed by atoms with Crippen LogP contribution in [0, 0.1) is 0 Å². The summed E-state index contributed by atoms with van der Waals surface area (Å²) in [4.78, 5) is 14.4. The second-order valence-corrected chi connectivity index (χ2v) is 6.56. The lowest BCUT2D eigenvalue weighted by molar-refractivity contribution is -0.125. The highest BCUT2D eigenvalue weighted by Gasteiger charge is 2.19. The zero-order valence-electron chi connectivity index (χ0n) is 14.3. The lowest BCUT2D eigenvalue weighted by Crippen LogP contribution is -2.42. The van der Waals surface area contributed by atoms with E-state index in [1.165, 1.54) is 0 Å². The van der Waals surface area contributed by atoms with Crippen LogP contribution in [-0.4, -0.2) is 30.7 Å². The first-order chi connectivity index (χ1) is 12.0. The summed E-state index contributed by atoms with van der Waals surface area (Å²) in [5, 5.41) is 3.66. The van der Waals surface area contributed by atoms with E-state index in [1.54, 1.807) is 0 Å². The zero-order chi connectivity index (χ0) is 17.8. The van der Waals surface area contributed by atoms with Crippen molar-refractivity contribution in [1.29, 1.82) is 0 Å². The third-order valence-electron chi connectivity index (χ3n) is 4.27. The minimum Gasteiger partial charge on any atom is -0.454 e. The molecule has 1 N–H and O–H groups in total. The topological polar surface area (TPSA) is 50.8 Å². The van der Waals surface area contributed by atoms with Crippen molar-refractivity contribution in [3.8, 4) is 11.5 Å². The van der Waals surface area contributed by atoms with Gasteiger partial charge in [0.25, 0.3) is 0 Å². The smallest absolute Gasteiger partial charge is 0.237 e. The average molecular weight is 361 g/mol. The Morgan fingerprint density at radius 1 is 1.20 bits per heavy atom. The van der Waals surface area contributed by atoms with Gasteiger partial charge in [0.15, 0.2) is 11.5 Å². The molecule has 0 aliphatic carbocycles. The highest BCUT2D eigenvalue weighted by molar-refractivity contribution is 6.30. The number of carbonyl (C=O) groups is 1. The lowest BCUT2D eigenvalue weighted by atomic mass is 10.1. The molecule has 0 saturated carbocycles. The maximum Gasteiger partial charge on any atom is 0.237 e. The number of nitrogens with one attached hydrogen (secondary N) is 1. The highest BCUT2D eigenvalue weighted by atomic mass is 35.5. The van der Waals surface area contributed by atoms with Gasteiger partial charge < -0.3 is 14.8 Å². The Kier molecular flexibility index (Phi) is 5.46. The lowest BCUT2D eigenvalue weighted by Gasteiger charge is -2.24. The number of ether oxygens (including phenoxy) is 2. The Labute approximate surface area is 152 Å². The first-order valence-corrected chi connectivity index (χ1v) is 8.51. The minimum atomic E-state index is -0.256. The molecule has 5 nitrogen and oxygen atoms in total. The molecule has 25 heavy (non-hydrogen) atoms. The van der Waals surface area contributed by atoms with Gasteiger partial charge in [-0.3, -0.25) is 9.69 Å². The molecule has 0 aromatic heterocycles. The Balaban J connectivity index is 1.53. The van der Waals surface area contributed by atoms with E-state index in [4.69, 9.17) is 21.1 Å². The van der Waals surface area contributed by atoms with Gasteiger partial charge in [-0.15, -0.1) is 0 Å². The highest BCUT2D eigenvalue weighted by Crippen LogP contribution is 2.32. The molecule has 0 fully saturated rings. The van der Waals surface area contributed by atoms with Crippen LogP contribution in [-0.2, 0) is 17.9 Å². The van der Waals surface area contributed by atoms with Gasteiger partial charge in [0.2, 0.25) is 12.7 Å². The van der Waals surface area contributed by atoms with Crippen molar-refractivity contribution >= 4 is 17.5 Å². The second kappa shape index (κ2) is 7.76. The van der Waals surface area contributed by atoms with E-state index in [0.717, 1.165) is 22.6 Å². The van der Waals surface area contributed by atoms with Gasteiger partial charge in [0.1, 0.15) is 0 Å². The van der Waals surface area contributed by atoms with Crippen molar-refractivity contribution in [3.63, 3.8) is 0 Å². The first kappa shape index (κ1) is 17.6. The second-order valence-electron chi connectivity index (χ2n) is 6.13. The van der Waals surface area contributed by atoms with Crippen LogP contribution in [0.3, 0.4) is 0 Å². The van der Waals surface area contributed by atoms with Crippen LogP contribution in [0.25, 0.3) is 0 Å². The number of fused-ring (bicyclic) bond motifs is 1. The number of carbonyl (C=O) groups excluding carboxylic acids is 1. The van der Waals surface area contributed by atoms with Crippen LogP contribution in [0.4, 0.5) is 0 Å². The summed E-state index contributed by atoms with van der Waals surface area (Å²) < 4.78 is 10.6. The number of hydrogen-bond acceptors (Lipinski definition) is 4. The maximum absolute atomic E-state index is 12.4. The van der Waals surface area contributed by atoms with Gasteiger partial charge in [-0.2, -0.15) is 0 Å². The molecule has 6 heteroatoms. The number of amides is 1. The first-order valence-electron chi connectivity index (χ1n) is 8.14. The van der Waals surface area contributed by atoms with Crippen LogP contribution in [0.2, 0.25) is 5.02 Å². The van der Waals surface area contributed by atoms with Crippen LogP contribution in [0.1, 0.15) is 18.1 Å². The molecular formula is C19H21ClN2O3. The molecule has 1 atom stereocenters. The zero-order valence-corrected chi connectivity index (χ0v) is 15.0. The van der Waals surface area contributed by atoms with Gasteiger partial charge in [0.05, 0.1) is 6.04 Å². The molecule has 132 valence electrons. The summed E-state index contributed by atoms with van der Waals surface area (Å²) in [5.74, 6) is 1.43. The summed E-state index contributed by atoms with van der Waals surface area (Å²) in [5.41, 5.74) is 2.05. The molecule has 1 amide bonds. The summed E-state index contributed by atoms with van der Waals surface area (Å²) in [7, 11) is 1.92. The number of likely N-dealkylation sites (N-methyl/N-ethyl adjacent to an activating group) is 1. The summed E-state index contributed by atoms with van der Waals surface area (Å²) in [6, 6.07) is 13.1. The third kappa shape index (κ3) is 4.44. The van der Waals surface area contributed by atoms with E-state index in [1.807, 2.05) is 61.3 Å². The Bertz CT molecular complexity index is 766. The normalized spacial score (nSPS) is 13.8. The predicted molar refractivity (Wildman–Crippen MR) is 96.8 cm³/mol. The van der Waals surface area contributed by atoms with Crippen LogP contribution in [0.5, 0.6) is 11.5 Å². The van der Waals surface area contributed by atoms with Crippen LogP contribution >= 0.6 is 11.6 Å². The van der Waals surface area contributed by atoms with E-state index in [2.05, 4.69) is 5.32 Å². The monoisotopic (exact) mass is 360 g/mol. The van der Waals surface area contributed by atoms with Crippen molar-refractivity contribution in [2.75, 3.05) is 13.8 Å². The SMILES string of the molecule is C[C@@H](C(=O)NCc1ccc2c(c1)OCO2)N(C)Cc1cccc(Cl)c1. The largest absolute Gasteiger partial charge is 0.454 e. The molecule has 2 aromatic rings. The predicted octanol–water partition coefficient (Wildman–Crippen LogP) is 3.21. The summed E-state index contributed by atoms with van der Waals surface area (Å²) >= 11 is 6.01. The number of benzene rings is 2.